The zero-order chi connectivity index (χ0) is 26.2. The summed E-state index contributed by atoms with van der Waals surface area (Å²) in [5, 5.41) is 4.32. The molecular formula is C25H29N7O6. The number of hydrogen-bond donors (Lipinski definition) is 1. The number of carbonyl (C=O) groups is 1. The number of furan rings is 1. The highest BCUT2D eigenvalue weighted by atomic mass is 16.6. The highest BCUT2D eigenvalue weighted by Crippen LogP contribution is 2.29. The smallest absolute Gasteiger partial charge is 0.379 e. The third-order valence-electron chi connectivity index (χ3n) is 5.77. The maximum atomic E-state index is 12.3. The van der Waals surface area contributed by atoms with Crippen LogP contribution in [0.5, 0.6) is 11.5 Å². The van der Waals surface area contributed by atoms with Crippen LogP contribution >= 0.6 is 0 Å². The summed E-state index contributed by atoms with van der Waals surface area (Å²) in [6.07, 6.45) is 3.01. The van der Waals surface area contributed by atoms with Crippen molar-refractivity contribution in [1.82, 2.24) is 15.0 Å². The van der Waals surface area contributed by atoms with Crippen molar-refractivity contribution in [2.45, 2.75) is 6.92 Å². The predicted molar refractivity (Wildman–Crippen MR) is 138 cm³/mol. The fourth-order valence-electron chi connectivity index (χ4n) is 3.88. The van der Waals surface area contributed by atoms with Crippen LogP contribution in [0.1, 0.15) is 23.0 Å². The molecule has 13 heteroatoms. The van der Waals surface area contributed by atoms with Gasteiger partial charge in [-0.25, -0.2) is 10.2 Å². The van der Waals surface area contributed by atoms with Crippen LogP contribution in [-0.4, -0.2) is 86.3 Å². The molecule has 38 heavy (non-hydrogen) atoms. The molecule has 1 aromatic carbocycles. The first-order valence-electron chi connectivity index (χ1n) is 12.4. The number of ether oxygens (including phenoxy) is 4. The van der Waals surface area contributed by atoms with Crippen LogP contribution in [0, 0.1) is 0 Å². The molecule has 2 fully saturated rings. The topological polar surface area (TPSA) is 137 Å². The molecule has 0 atom stereocenters. The molecule has 0 unspecified atom stereocenters. The number of hydrazone groups is 1. The Hall–Kier alpha value is -4.23. The minimum atomic E-state index is -0.610. The van der Waals surface area contributed by atoms with Gasteiger partial charge in [0.15, 0.2) is 11.5 Å². The van der Waals surface area contributed by atoms with Crippen molar-refractivity contribution >= 4 is 30.0 Å². The lowest BCUT2D eigenvalue weighted by molar-refractivity contribution is 0.0695. The molecule has 13 nitrogen and oxygen atoms in total. The Bertz CT molecular complexity index is 1200. The minimum absolute atomic E-state index is 0.104. The van der Waals surface area contributed by atoms with Gasteiger partial charge in [-0.15, -0.1) is 0 Å². The minimum Gasteiger partial charge on any atom is -0.490 e. The molecule has 2 aliphatic rings. The van der Waals surface area contributed by atoms with Gasteiger partial charge >= 0.3 is 5.97 Å². The van der Waals surface area contributed by atoms with Gasteiger partial charge in [0.05, 0.1) is 45.5 Å². The van der Waals surface area contributed by atoms with E-state index in [9.17, 15) is 4.79 Å². The van der Waals surface area contributed by atoms with Crippen molar-refractivity contribution in [3.8, 4) is 11.5 Å². The van der Waals surface area contributed by atoms with Crippen molar-refractivity contribution in [3.63, 3.8) is 0 Å². The van der Waals surface area contributed by atoms with Gasteiger partial charge in [0, 0.05) is 26.2 Å². The van der Waals surface area contributed by atoms with Crippen LogP contribution in [0.15, 0.2) is 46.1 Å². The Labute approximate surface area is 219 Å². The summed E-state index contributed by atoms with van der Waals surface area (Å²) in [5.41, 5.74) is 3.64. The Morgan fingerprint density at radius 1 is 1.00 bits per heavy atom. The number of hydrogen-bond acceptors (Lipinski definition) is 13. The molecule has 1 N–H and O–H groups in total. The second-order valence-electron chi connectivity index (χ2n) is 8.33. The molecule has 200 valence electrons. The van der Waals surface area contributed by atoms with Gasteiger partial charge in [0.2, 0.25) is 23.6 Å². The first-order valence-corrected chi connectivity index (χ1v) is 12.4. The summed E-state index contributed by atoms with van der Waals surface area (Å²) >= 11 is 0. The molecule has 0 aliphatic carbocycles. The van der Waals surface area contributed by atoms with Crippen LogP contribution in [-0.2, 0) is 9.47 Å². The molecule has 0 bridgehead atoms. The highest BCUT2D eigenvalue weighted by molar-refractivity contribution is 5.89. The molecule has 3 aromatic rings. The van der Waals surface area contributed by atoms with Gasteiger partial charge in [-0.05, 0) is 42.8 Å². The third-order valence-corrected chi connectivity index (χ3v) is 5.77. The molecule has 2 aromatic heterocycles. The van der Waals surface area contributed by atoms with Crippen molar-refractivity contribution in [3.05, 3.63) is 47.9 Å². The lowest BCUT2D eigenvalue weighted by Gasteiger charge is -2.30. The molecular weight excluding hydrogens is 494 g/mol. The van der Waals surface area contributed by atoms with E-state index in [1.54, 1.807) is 30.5 Å². The summed E-state index contributed by atoms with van der Waals surface area (Å²) in [7, 11) is 0. The van der Waals surface area contributed by atoms with Crippen LogP contribution in [0.3, 0.4) is 0 Å². The Kier molecular flexibility index (Phi) is 8.26. The average molecular weight is 524 g/mol. The molecule has 4 heterocycles. The van der Waals surface area contributed by atoms with E-state index in [0.717, 1.165) is 5.56 Å². The third kappa shape index (κ3) is 6.36. The van der Waals surface area contributed by atoms with Crippen molar-refractivity contribution < 1.29 is 28.2 Å². The maximum Gasteiger partial charge on any atom is 0.379 e. The Morgan fingerprint density at radius 2 is 1.68 bits per heavy atom. The van der Waals surface area contributed by atoms with E-state index in [1.165, 1.54) is 12.3 Å². The summed E-state index contributed by atoms with van der Waals surface area (Å²) in [6, 6.07) is 8.27. The monoisotopic (exact) mass is 523 g/mol. The number of aromatic nitrogens is 3. The zero-order valence-corrected chi connectivity index (χ0v) is 21.0. The van der Waals surface area contributed by atoms with E-state index in [-0.39, 0.29) is 11.5 Å². The Morgan fingerprint density at radius 3 is 2.29 bits per heavy atom. The van der Waals surface area contributed by atoms with Gasteiger partial charge in [0.25, 0.3) is 0 Å². The normalized spacial score (nSPS) is 16.0. The SMILES string of the molecule is CCOc1cc(/C=N\Nc2nc(N3CCOCC3)nc(N3CCOCC3)n2)ccc1OC(=O)c1ccco1. The molecule has 0 amide bonds. The lowest BCUT2D eigenvalue weighted by atomic mass is 10.2. The second kappa shape index (κ2) is 12.3. The summed E-state index contributed by atoms with van der Waals surface area (Å²) in [6.45, 7) is 7.52. The second-order valence-corrected chi connectivity index (χ2v) is 8.33. The highest BCUT2D eigenvalue weighted by Gasteiger charge is 2.21. The molecule has 2 saturated heterocycles. The number of nitrogens with one attached hydrogen (secondary N) is 1. The maximum absolute atomic E-state index is 12.3. The number of esters is 1. The standard InChI is InChI=1S/C25H29N7O6/c1-2-36-21-16-18(5-6-19(21)38-22(33)20-4-3-11-37-20)17-26-30-23-27-24(31-7-12-34-13-8-31)29-25(28-23)32-9-14-35-15-10-32/h3-6,11,16-17H,2,7-10,12-15H2,1H3,(H,27,28,29,30)/b26-17-. The number of rotatable bonds is 9. The molecule has 0 saturated carbocycles. The van der Waals surface area contributed by atoms with Crippen molar-refractivity contribution in [1.29, 1.82) is 0 Å². The van der Waals surface area contributed by atoms with E-state index >= 15 is 0 Å². The van der Waals surface area contributed by atoms with E-state index < -0.39 is 5.97 Å². The van der Waals surface area contributed by atoms with Gasteiger partial charge in [-0.3, -0.25) is 0 Å². The van der Waals surface area contributed by atoms with Crippen LogP contribution in [0.4, 0.5) is 17.8 Å². The Balaban J connectivity index is 1.32. The van der Waals surface area contributed by atoms with Crippen LogP contribution < -0.4 is 24.7 Å². The van der Waals surface area contributed by atoms with Gasteiger partial charge in [0.1, 0.15) is 0 Å². The van der Waals surface area contributed by atoms with E-state index in [2.05, 4.69) is 30.3 Å². The first-order chi connectivity index (χ1) is 18.7. The summed E-state index contributed by atoms with van der Waals surface area (Å²) in [4.78, 5) is 30.3. The van der Waals surface area contributed by atoms with E-state index in [1.807, 2.05) is 6.92 Å². The average Bonchev–Trinajstić information content (AvgIpc) is 3.51. The van der Waals surface area contributed by atoms with Crippen molar-refractivity contribution in [2.24, 2.45) is 5.10 Å². The van der Waals surface area contributed by atoms with E-state index in [4.69, 9.17) is 28.3 Å². The molecule has 0 radical (unpaired) electrons. The number of anilines is 3. The fourth-order valence-corrected chi connectivity index (χ4v) is 3.88. The number of carbonyl (C=O) groups excluding carboxylic acids is 1. The largest absolute Gasteiger partial charge is 0.490 e. The zero-order valence-electron chi connectivity index (χ0n) is 21.0. The van der Waals surface area contributed by atoms with Crippen LogP contribution in [0.2, 0.25) is 0 Å². The molecule has 5 rings (SSSR count). The van der Waals surface area contributed by atoms with Crippen molar-refractivity contribution in [2.75, 3.05) is 74.4 Å². The van der Waals surface area contributed by atoms with Crippen LogP contribution in [0.25, 0.3) is 0 Å². The quantitative estimate of drug-likeness (QED) is 0.190. The van der Waals surface area contributed by atoms with Gasteiger partial charge in [-0.1, -0.05) is 0 Å². The molecule has 0 spiro atoms. The van der Waals surface area contributed by atoms with Gasteiger partial charge < -0.3 is 33.2 Å². The number of benzene rings is 1. The summed E-state index contributed by atoms with van der Waals surface area (Å²) < 4.78 is 27.1. The first kappa shape index (κ1) is 25.4. The lowest BCUT2D eigenvalue weighted by Crippen LogP contribution is -2.40. The molecule has 2 aliphatic heterocycles. The predicted octanol–water partition coefficient (Wildman–Crippen LogP) is 2.20. The fraction of sp³-hybridized carbons (Fsp3) is 0.400. The number of morpholine rings is 2. The van der Waals surface area contributed by atoms with Gasteiger partial charge in [-0.2, -0.15) is 20.1 Å². The van der Waals surface area contributed by atoms with E-state index in [0.29, 0.717) is 82.8 Å². The number of nitrogens with zero attached hydrogens (tertiary/aromatic N) is 6. The summed E-state index contributed by atoms with van der Waals surface area (Å²) in [5.74, 6) is 1.65.